The highest BCUT2D eigenvalue weighted by molar-refractivity contribution is 5.76. The fourth-order valence-electron chi connectivity index (χ4n) is 2.88. The summed E-state index contributed by atoms with van der Waals surface area (Å²) < 4.78 is 11.1. The molecule has 0 unspecified atom stereocenters. The Balaban J connectivity index is 1.66. The molecule has 2 heterocycles. The molecule has 1 fully saturated rings. The monoisotopic (exact) mass is 386 g/mol. The van der Waals surface area contributed by atoms with Gasteiger partial charge in [-0.1, -0.05) is 19.1 Å². The highest BCUT2D eigenvalue weighted by Crippen LogP contribution is 2.21. The number of hydrogen-bond donors (Lipinski definition) is 1. The Kier molecular flexibility index (Phi) is 6.76. The molecule has 8 heteroatoms. The number of aromatic amines is 1. The number of nitrogens with one attached hydrogen (secondary N) is 1. The zero-order valence-corrected chi connectivity index (χ0v) is 16.3. The van der Waals surface area contributed by atoms with Crippen LogP contribution in [0.25, 0.3) is 11.4 Å². The van der Waals surface area contributed by atoms with Crippen LogP contribution in [-0.2, 0) is 16.0 Å². The van der Waals surface area contributed by atoms with Crippen molar-refractivity contribution < 1.29 is 14.3 Å². The van der Waals surface area contributed by atoms with Crippen molar-refractivity contribution in [1.29, 1.82) is 0 Å². The first kappa shape index (κ1) is 20.0. The summed E-state index contributed by atoms with van der Waals surface area (Å²) in [6, 6.07) is 7.38. The van der Waals surface area contributed by atoms with Crippen LogP contribution in [-0.4, -0.2) is 58.4 Å². The summed E-state index contributed by atoms with van der Waals surface area (Å²) in [6.07, 6.45) is 1.50. The lowest BCUT2D eigenvalue weighted by Crippen LogP contribution is -2.41. The van der Waals surface area contributed by atoms with E-state index in [1.807, 2.05) is 31.2 Å². The van der Waals surface area contributed by atoms with Crippen molar-refractivity contribution in [2.75, 3.05) is 26.3 Å². The molecule has 3 rings (SSSR count). The van der Waals surface area contributed by atoms with Crippen molar-refractivity contribution in [2.24, 2.45) is 0 Å². The van der Waals surface area contributed by atoms with Crippen molar-refractivity contribution >= 4 is 5.91 Å². The fourth-order valence-corrected chi connectivity index (χ4v) is 2.88. The van der Waals surface area contributed by atoms with Crippen LogP contribution >= 0.6 is 0 Å². The largest absolute Gasteiger partial charge is 0.491 e. The second kappa shape index (κ2) is 9.45. The number of nitrogens with zero attached hydrogens (tertiary/aromatic N) is 3. The lowest BCUT2D eigenvalue weighted by atomic mass is 10.2. The van der Waals surface area contributed by atoms with Crippen LogP contribution in [0.15, 0.2) is 29.1 Å². The van der Waals surface area contributed by atoms with Crippen LogP contribution in [0.4, 0.5) is 0 Å². The Labute approximate surface area is 163 Å². The highest BCUT2D eigenvalue weighted by Gasteiger charge is 2.17. The number of carbonyl (C=O) groups excluding carboxylic acids is 1. The van der Waals surface area contributed by atoms with Gasteiger partial charge in [-0.2, -0.15) is 0 Å². The minimum absolute atomic E-state index is 0.00321. The average Bonchev–Trinajstić information content (AvgIpc) is 2.73. The molecule has 8 nitrogen and oxygen atoms in total. The minimum atomic E-state index is -0.326. The molecular weight excluding hydrogens is 360 g/mol. The maximum atomic E-state index is 12.4. The van der Waals surface area contributed by atoms with E-state index in [9.17, 15) is 9.59 Å². The molecule has 1 aliphatic heterocycles. The van der Waals surface area contributed by atoms with Gasteiger partial charge in [0.25, 0.3) is 5.56 Å². The van der Waals surface area contributed by atoms with Crippen LogP contribution in [0, 0.1) is 0 Å². The van der Waals surface area contributed by atoms with Gasteiger partial charge in [0.2, 0.25) is 5.91 Å². The number of rotatable bonds is 7. The Morgan fingerprint density at radius 2 is 2.11 bits per heavy atom. The van der Waals surface area contributed by atoms with E-state index < -0.39 is 0 Å². The van der Waals surface area contributed by atoms with E-state index in [0.29, 0.717) is 32.1 Å². The maximum absolute atomic E-state index is 12.4. The zero-order chi connectivity index (χ0) is 19.9. The molecule has 1 aromatic carbocycles. The molecule has 1 saturated heterocycles. The second-order valence-corrected chi connectivity index (χ2v) is 6.81. The molecule has 1 aliphatic rings. The standard InChI is InChI=1S/C20H26N4O4/c1-3-14(2)28-16-6-4-5-15(13-16)19-21-20(26)17(22-23-19)7-8-18(25)24-9-11-27-12-10-24/h4-6,13-14H,3,7-12H2,1-2H3,(H,21,23,26)/t14-/m1/s1. The van der Waals surface area contributed by atoms with E-state index in [1.165, 1.54) is 0 Å². The lowest BCUT2D eigenvalue weighted by molar-refractivity contribution is -0.135. The molecule has 2 aromatic rings. The molecule has 0 radical (unpaired) electrons. The topological polar surface area (TPSA) is 97.4 Å². The fraction of sp³-hybridized carbons (Fsp3) is 0.500. The smallest absolute Gasteiger partial charge is 0.273 e. The molecule has 150 valence electrons. The number of ether oxygens (including phenoxy) is 2. The third-order valence-electron chi connectivity index (χ3n) is 4.72. The second-order valence-electron chi connectivity index (χ2n) is 6.81. The van der Waals surface area contributed by atoms with E-state index in [0.717, 1.165) is 17.7 Å². The Morgan fingerprint density at radius 3 is 2.82 bits per heavy atom. The Hall–Kier alpha value is -2.74. The molecule has 1 N–H and O–H groups in total. The molecule has 28 heavy (non-hydrogen) atoms. The number of aryl methyl sites for hydroxylation is 1. The van der Waals surface area contributed by atoms with E-state index in [2.05, 4.69) is 22.1 Å². The first-order chi connectivity index (χ1) is 13.6. The van der Waals surface area contributed by atoms with E-state index in [4.69, 9.17) is 9.47 Å². The van der Waals surface area contributed by atoms with Crippen molar-refractivity contribution in [3.63, 3.8) is 0 Å². The first-order valence-electron chi connectivity index (χ1n) is 9.65. The van der Waals surface area contributed by atoms with Crippen LogP contribution in [0.1, 0.15) is 32.4 Å². The maximum Gasteiger partial charge on any atom is 0.273 e. The molecule has 1 atom stereocenters. The summed E-state index contributed by atoms with van der Waals surface area (Å²) in [4.78, 5) is 29.1. The molecule has 0 spiro atoms. The normalized spacial score (nSPS) is 15.3. The van der Waals surface area contributed by atoms with Gasteiger partial charge >= 0.3 is 0 Å². The number of aromatic nitrogens is 3. The number of amides is 1. The van der Waals surface area contributed by atoms with Gasteiger partial charge in [0.1, 0.15) is 11.4 Å². The van der Waals surface area contributed by atoms with E-state index in [1.54, 1.807) is 4.90 Å². The van der Waals surface area contributed by atoms with Gasteiger partial charge in [-0.15, -0.1) is 10.2 Å². The lowest BCUT2D eigenvalue weighted by Gasteiger charge is -2.26. The predicted octanol–water partition coefficient (Wildman–Crippen LogP) is 1.80. The SMILES string of the molecule is CC[C@@H](C)Oc1cccc(-c2nnc(CCC(=O)N3CCOCC3)c(=O)[nH]2)c1. The predicted molar refractivity (Wildman–Crippen MR) is 104 cm³/mol. The van der Waals surface area contributed by atoms with Gasteiger partial charge in [0, 0.05) is 31.5 Å². The highest BCUT2D eigenvalue weighted by atomic mass is 16.5. The summed E-state index contributed by atoms with van der Waals surface area (Å²) in [5.41, 5.74) is 0.659. The number of hydrogen-bond acceptors (Lipinski definition) is 6. The molecular formula is C20H26N4O4. The van der Waals surface area contributed by atoms with Gasteiger partial charge in [0.15, 0.2) is 5.82 Å². The molecule has 0 saturated carbocycles. The average molecular weight is 386 g/mol. The molecule has 1 aromatic heterocycles. The van der Waals surface area contributed by atoms with Gasteiger partial charge in [0.05, 0.1) is 19.3 Å². The number of morpholine rings is 1. The van der Waals surface area contributed by atoms with Crippen LogP contribution in [0.3, 0.4) is 0 Å². The first-order valence-corrected chi connectivity index (χ1v) is 9.65. The van der Waals surface area contributed by atoms with Crippen LogP contribution < -0.4 is 10.3 Å². The van der Waals surface area contributed by atoms with Gasteiger partial charge < -0.3 is 19.4 Å². The molecule has 0 bridgehead atoms. The zero-order valence-electron chi connectivity index (χ0n) is 16.3. The number of H-pyrrole nitrogens is 1. The van der Waals surface area contributed by atoms with Crippen molar-refractivity contribution in [1.82, 2.24) is 20.1 Å². The summed E-state index contributed by atoms with van der Waals surface area (Å²) in [6.45, 7) is 6.35. The molecule has 0 aliphatic carbocycles. The van der Waals surface area contributed by atoms with Gasteiger partial charge in [-0.3, -0.25) is 9.59 Å². The number of carbonyl (C=O) groups is 1. The van der Waals surface area contributed by atoms with Crippen molar-refractivity contribution in [2.45, 2.75) is 39.2 Å². The van der Waals surface area contributed by atoms with Crippen molar-refractivity contribution in [3.8, 4) is 17.1 Å². The summed E-state index contributed by atoms with van der Waals surface area (Å²) in [7, 11) is 0. The summed E-state index contributed by atoms with van der Waals surface area (Å²) >= 11 is 0. The summed E-state index contributed by atoms with van der Waals surface area (Å²) in [5.74, 6) is 1.10. The van der Waals surface area contributed by atoms with Crippen LogP contribution in [0.2, 0.25) is 0 Å². The minimum Gasteiger partial charge on any atom is -0.491 e. The third kappa shape index (κ3) is 5.16. The van der Waals surface area contributed by atoms with Gasteiger partial charge in [-0.05, 0) is 25.5 Å². The Bertz CT molecular complexity index is 861. The quantitative estimate of drug-likeness (QED) is 0.779. The van der Waals surface area contributed by atoms with Gasteiger partial charge in [-0.25, -0.2) is 0 Å². The Morgan fingerprint density at radius 1 is 1.32 bits per heavy atom. The van der Waals surface area contributed by atoms with Crippen LogP contribution in [0.5, 0.6) is 5.75 Å². The van der Waals surface area contributed by atoms with E-state index in [-0.39, 0.29) is 36.1 Å². The number of benzene rings is 1. The third-order valence-corrected chi connectivity index (χ3v) is 4.72. The van der Waals surface area contributed by atoms with E-state index >= 15 is 0 Å². The molecule has 1 amide bonds. The van der Waals surface area contributed by atoms with Crippen molar-refractivity contribution in [3.05, 3.63) is 40.3 Å². The summed E-state index contributed by atoms with van der Waals surface area (Å²) in [5, 5.41) is 8.18.